The van der Waals surface area contributed by atoms with Crippen molar-refractivity contribution in [2.24, 2.45) is 5.92 Å². The molecule has 6 nitrogen and oxygen atoms in total. The van der Waals surface area contributed by atoms with E-state index in [2.05, 4.69) is 17.2 Å². The van der Waals surface area contributed by atoms with Gasteiger partial charge in [0, 0.05) is 49.7 Å². The number of piperidine rings is 1. The Labute approximate surface area is 164 Å². The molecule has 27 heavy (non-hydrogen) atoms. The van der Waals surface area contributed by atoms with Crippen LogP contribution in [0.25, 0.3) is 5.69 Å². The highest BCUT2D eigenvalue weighted by molar-refractivity contribution is 7.98. The average molecular weight is 387 g/mol. The first-order valence-electron chi connectivity index (χ1n) is 9.32. The van der Waals surface area contributed by atoms with E-state index in [1.54, 1.807) is 24.0 Å². The molecule has 1 fully saturated rings. The molecule has 1 N–H and O–H groups in total. The highest BCUT2D eigenvalue weighted by atomic mass is 32.2. The molecule has 1 unspecified atom stereocenters. The number of nitrogens with zero attached hydrogens (tertiary/aromatic N) is 3. The molecule has 1 aromatic heterocycles. The second-order valence-corrected chi connectivity index (χ2v) is 7.70. The molecule has 0 aliphatic carbocycles. The van der Waals surface area contributed by atoms with E-state index < -0.39 is 0 Å². The molecule has 1 aromatic carbocycles. The van der Waals surface area contributed by atoms with Crippen LogP contribution in [0.1, 0.15) is 36.5 Å². The molecule has 0 bridgehead atoms. The third-order valence-corrected chi connectivity index (χ3v) is 5.48. The lowest BCUT2D eigenvalue weighted by molar-refractivity contribution is -0.132. The van der Waals surface area contributed by atoms with Gasteiger partial charge in [0.15, 0.2) is 5.16 Å². The standard InChI is InChI=1S/C20H26N4O2S/c1-15-5-4-11-23(14-15)18(25)8-9-21-19(26)16-6-3-7-17(13-16)24-12-10-22-20(24)27-2/h3,6-7,10,12-13,15H,4-5,8-9,11,14H2,1-2H3,(H,21,26). The van der Waals surface area contributed by atoms with E-state index in [1.807, 2.05) is 40.1 Å². The number of hydrogen-bond acceptors (Lipinski definition) is 4. The largest absolute Gasteiger partial charge is 0.352 e. The molecule has 1 aliphatic rings. The van der Waals surface area contributed by atoms with Crippen molar-refractivity contribution in [3.8, 4) is 5.69 Å². The fourth-order valence-corrected chi connectivity index (χ4v) is 3.92. The van der Waals surface area contributed by atoms with Crippen molar-refractivity contribution in [2.75, 3.05) is 25.9 Å². The highest BCUT2D eigenvalue weighted by Crippen LogP contribution is 2.19. The summed E-state index contributed by atoms with van der Waals surface area (Å²) >= 11 is 1.55. The van der Waals surface area contributed by atoms with Crippen molar-refractivity contribution in [3.63, 3.8) is 0 Å². The minimum atomic E-state index is -0.164. The third-order valence-electron chi connectivity index (χ3n) is 4.81. The van der Waals surface area contributed by atoms with Crippen LogP contribution in [-0.2, 0) is 4.79 Å². The van der Waals surface area contributed by atoms with Gasteiger partial charge in [-0.3, -0.25) is 14.2 Å². The summed E-state index contributed by atoms with van der Waals surface area (Å²) in [5.41, 5.74) is 1.47. The first-order chi connectivity index (χ1) is 13.1. The SMILES string of the molecule is CSc1nccn1-c1cccc(C(=O)NCCC(=O)N2CCCC(C)C2)c1. The zero-order valence-corrected chi connectivity index (χ0v) is 16.7. The second kappa shape index (κ2) is 9.08. The average Bonchev–Trinajstić information content (AvgIpc) is 3.17. The van der Waals surface area contributed by atoms with Crippen LogP contribution in [0.3, 0.4) is 0 Å². The zero-order chi connectivity index (χ0) is 19.2. The Morgan fingerprint density at radius 3 is 3.00 bits per heavy atom. The summed E-state index contributed by atoms with van der Waals surface area (Å²) in [5.74, 6) is 0.524. The van der Waals surface area contributed by atoms with Gasteiger partial charge in [0.05, 0.1) is 0 Å². The summed E-state index contributed by atoms with van der Waals surface area (Å²) in [7, 11) is 0. The summed E-state index contributed by atoms with van der Waals surface area (Å²) in [6.07, 6.45) is 8.18. The van der Waals surface area contributed by atoms with Gasteiger partial charge in [0.1, 0.15) is 0 Å². The second-order valence-electron chi connectivity index (χ2n) is 6.93. The fraction of sp³-hybridized carbons (Fsp3) is 0.450. The number of likely N-dealkylation sites (tertiary alicyclic amines) is 1. The van der Waals surface area contributed by atoms with E-state index in [0.29, 0.717) is 24.4 Å². The van der Waals surface area contributed by atoms with Gasteiger partial charge in [-0.05, 0) is 43.2 Å². The lowest BCUT2D eigenvalue weighted by atomic mass is 10.00. The quantitative estimate of drug-likeness (QED) is 0.775. The topological polar surface area (TPSA) is 67.2 Å². The molecule has 2 heterocycles. The maximum Gasteiger partial charge on any atom is 0.251 e. The molecule has 0 radical (unpaired) electrons. The van der Waals surface area contributed by atoms with Gasteiger partial charge in [-0.2, -0.15) is 0 Å². The normalized spacial score (nSPS) is 17.0. The van der Waals surface area contributed by atoms with Crippen molar-refractivity contribution in [3.05, 3.63) is 42.2 Å². The zero-order valence-electron chi connectivity index (χ0n) is 15.9. The smallest absolute Gasteiger partial charge is 0.251 e. The van der Waals surface area contributed by atoms with Crippen molar-refractivity contribution in [1.82, 2.24) is 19.8 Å². The van der Waals surface area contributed by atoms with Gasteiger partial charge >= 0.3 is 0 Å². The molecule has 0 spiro atoms. The van der Waals surface area contributed by atoms with Crippen molar-refractivity contribution in [2.45, 2.75) is 31.3 Å². The van der Waals surface area contributed by atoms with Gasteiger partial charge < -0.3 is 10.2 Å². The van der Waals surface area contributed by atoms with Crippen molar-refractivity contribution in [1.29, 1.82) is 0 Å². The van der Waals surface area contributed by atoms with Gasteiger partial charge in [-0.1, -0.05) is 24.8 Å². The third kappa shape index (κ3) is 4.91. The maximum atomic E-state index is 12.5. The Kier molecular flexibility index (Phi) is 6.55. The number of benzene rings is 1. The van der Waals surface area contributed by atoms with E-state index in [-0.39, 0.29) is 11.8 Å². The first-order valence-corrected chi connectivity index (χ1v) is 10.5. The number of imidazole rings is 1. The molecule has 0 saturated carbocycles. The first kappa shape index (κ1) is 19.5. The van der Waals surface area contributed by atoms with Crippen LogP contribution in [0.15, 0.2) is 41.8 Å². The molecular weight excluding hydrogens is 360 g/mol. The number of rotatable bonds is 6. The van der Waals surface area contributed by atoms with E-state index in [9.17, 15) is 9.59 Å². The molecule has 2 amide bonds. The van der Waals surface area contributed by atoms with Crippen LogP contribution in [0, 0.1) is 5.92 Å². The summed E-state index contributed by atoms with van der Waals surface area (Å²) in [6, 6.07) is 7.42. The van der Waals surface area contributed by atoms with E-state index in [4.69, 9.17) is 0 Å². The van der Waals surface area contributed by atoms with Crippen molar-refractivity contribution >= 4 is 23.6 Å². The molecule has 3 rings (SSSR count). The van der Waals surface area contributed by atoms with E-state index >= 15 is 0 Å². The minimum Gasteiger partial charge on any atom is -0.352 e. The Balaban J connectivity index is 1.55. The maximum absolute atomic E-state index is 12.5. The Morgan fingerprint density at radius 2 is 2.22 bits per heavy atom. The van der Waals surface area contributed by atoms with Crippen molar-refractivity contribution < 1.29 is 9.59 Å². The van der Waals surface area contributed by atoms with Crippen LogP contribution in [0.2, 0.25) is 0 Å². The summed E-state index contributed by atoms with van der Waals surface area (Å²) in [4.78, 5) is 31.0. The number of carbonyl (C=O) groups excluding carboxylic acids is 2. The van der Waals surface area contributed by atoms with Crippen LogP contribution in [-0.4, -0.2) is 52.2 Å². The van der Waals surface area contributed by atoms with E-state index in [0.717, 1.165) is 30.4 Å². The Hall–Kier alpha value is -2.28. The van der Waals surface area contributed by atoms with Gasteiger partial charge in [0.2, 0.25) is 5.91 Å². The van der Waals surface area contributed by atoms with Crippen LogP contribution >= 0.6 is 11.8 Å². The van der Waals surface area contributed by atoms with Crippen LogP contribution in [0.4, 0.5) is 0 Å². The number of aromatic nitrogens is 2. The molecule has 144 valence electrons. The van der Waals surface area contributed by atoms with Gasteiger partial charge in [-0.15, -0.1) is 0 Å². The summed E-state index contributed by atoms with van der Waals surface area (Å²) in [5, 5.41) is 3.73. The minimum absolute atomic E-state index is 0.124. The number of carbonyl (C=O) groups is 2. The number of hydrogen-bond donors (Lipinski definition) is 1. The number of nitrogens with one attached hydrogen (secondary N) is 1. The number of amides is 2. The van der Waals surface area contributed by atoms with Crippen LogP contribution < -0.4 is 5.32 Å². The van der Waals surface area contributed by atoms with E-state index in [1.165, 1.54) is 6.42 Å². The highest BCUT2D eigenvalue weighted by Gasteiger charge is 2.20. The predicted molar refractivity (Wildman–Crippen MR) is 107 cm³/mol. The number of thioether (sulfide) groups is 1. The summed E-state index contributed by atoms with van der Waals surface area (Å²) < 4.78 is 1.95. The van der Waals surface area contributed by atoms with Crippen LogP contribution in [0.5, 0.6) is 0 Å². The predicted octanol–water partition coefficient (Wildman–Crippen LogP) is 2.97. The van der Waals surface area contributed by atoms with Gasteiger partial charge in [0.25, 0.3) is 5.91 Å². The Morgan fingerprint density at radius 1 is 1.37 bits per heavy atom. The molecule has 7 heteroatoms. The molecule has 1 atom stereocenters. The molecule has 1 saturated heterocycles. The molecular formula is C20H26N4O2S. The monoisotopic (exact) mass is 386 g/mol. The fourth-order valence-electron chi connectivity index (χ4n) is 3.39. The lowest BCUT2D eigenvalue weighted by Crippen LogP contribution is -2.40. The lowest BCUT2D eigenvalue weighted by Gasteiger charge is -2.31. The molecule has 2 aromatic rings. The van der Waals surface area contributed by atoms with Gasteiger partial charge in [-0.25, -0.2) is 4.98 Å². The summed E-state index contributed by atoms with van der Waals surface area (Å²) in [6.45, 7) is 4.20. The Bertz CT molecular complexity index is 805. The molecule has 1 aliphatic heterocycles.